The molecular weight excluding hydrogens is 953 g/mol. The summed E-state index contributed by atoms with van der Waals surface area (Å²) in [6, 6.07) is 75.3. The number of para-hydroxylation sites is 4. The zero-order valence-electron chi connectivity index (χ0n) is 47.1. The molecule has 0 unspecified atom stereocenters. The summed E-state index contributed by atoms with van der Waals surface area (Å²) < 4.78 is 0. The van der Waals surface area contributed by atoms with Crippen LogP contribution >= 0.6 is 0 Å². The molecule has 390 valence electrons. The molecule has 15 rings (SSSR count). The van der Waals surface area contributed by atoms with E-state index in [0.29, 0.717) is 11.8 Å². The van der Waals surface area contributed by atoms with Crippen LogP contribution < -0.4 is 9.80 Å². The minimum atomic E-state index is -0.252. The van der Waals surface area contributed by atoms with Crippen LogP contribution in [-0.4, -0.2) is 0 Å². The van der Waals surface area contributed by atoms with E-state index < -0.39 is 0 Å². The molecule has 0 heterocycles. The average Bonchev–Trinajstić information content (AvgIpc) is 3.48. The number of benzene rings is 10. The summed E-state index contributed by atoms with van der Waals surface area (Å²) in [5, 5.41) is 5.25. The Kier molecular flexibility index (Phi) is 11.2. The van der Waals surface area contributed by atoms with Crippen molar-refractivity contribution in [2.75, 3.05) is 9.80 Å². The van der Waals surface area contributed by atoms with E-state index in [0.717, 1.165) is 0 Å². The molecule has 2 fully saturated rings. The smallest absolute Gasteiger partial charge is 0.0543 e. The number of fused-ring (bicyclic) bond motifs is 13. The molecule has 0 bridgehead atoms. The third-order valence-electron chi connectivity index (χ3n) is 20.2. The lowest BCUT2D eigenvalue weighted by atomic mass is 9.78. The van der Waals surface area contributed by atoms with Crippen molar-refractivity contribution >= 4 is 55.7 Å². The zero-order valence-corrected chi connectivity index (χ0v) is 47.1. The topological polar surface area (TPSA) is 6.48 Å². The molecule has 2 saturated carbocycles. The van der Waals surface area contributed by atoms with Crippen molar-refractivity contribution in [3.8, 4) is 33.4 Å². The molecule has 10 aromatic rings. The number of nitrogens with zero attached hydrogens (tertiary/aromatic N) is 2. The van der Waals surface area contributed by atoms with E-state index in [1.54, 1.807) is 0 Å². The second kappa shape index (κ2) is 18.2. The van der Waals surface area contributed by atoms with Crippen LogP contribution in [0.15, 0.2) is 194 Å². The van der Waals surface area contributed by atoms with Crippen LogP contribution in [0, 0.1) is 0 Å². The van der Waals surface area contributed by atoms with Crippen molar-refractivity contribution in [2.45, 2.75) is 134 Å². The molecule has 79 heavy (non-hydrogen) atoms. The van der Waals surface area contributed by atoms with Gasteiger partial charge in [-0.3, -0.25) is 0 Å². The van der Waals surface area contributed by atoms with Gasteiger partial charge in [0.2, 0.25) is 0 Å². The van der Waals surface area contributed by atoms with Crippen LogP contribution in [-0.2, 0) is 16.2 Å². The van der Waals surface area contributed by atoms with E-state index in [-0.39, 0.29) is 16.2 Å². The second-order valence-corrected chi connectivity index (χ2v) is 25.6. The standard InChI is InChI=1S/C77H72N2/c1-75(2)63-45-61-65(76(3,4)67-47-71(55-37-19-21-39-57(55)73(61)67)78(51-31-15-9-16-32-51)69-41-25-23-35-53(69)49-27-11-7-12-28-49)43-59(63)60-44-66-62(46-64(60)75)74-58-40-22-20-38-56(58)72(48-68(74)77(66,5)6)79(52-33-17-10-18-34-52)70-42-26-24-36-54(70)50-29-13-8-14-30-50/h9-10,15-26,31-50H,7-8,11-14,27-30H2,1-6H3. The molecule has 0 saturated heterocycles. The van der Waals surface area contributed by atoms with Gasteiger partial charge < -0.3 is 9.80 Å². The maximum Gasteiger partial charge on any atom is 0.0543 e. The van der Waals surface area contributed by atoms with Gasteiger partial charge in [-0.25, -0.2) is 0 Å². The Hall–Kier alpha value is -7.68. The Labute approximate surface area is 468 Å². The molecule has 5 aliphatic carbocycles. The van der Waals surface area contributed by atoms with Gasteiger partial charge in [0.05, 0.1) is 11.4 Å². The number of hydrogen-bond donors (Lipinski definition) is 0. The summed E-state index contributed by atoms with van der Waals surface area (Å²) in [7, 11) is 0. The van der Waals surface area contributed by atoms with Gasteiger partial charge in [0.1, 0.15) is 0 Å². The molecule has 0 N–H and O–H groups in total. The Balaban J connectivity index is 0.884. The van der Waals surface area contributed by atoms with E-state index in [9.17, 15) is 0 Å². The number of anilines is 6. The summed E-state index contributed by atoms with van der Waals surface area (Å²) in [4.78, 5) is 5.21. The predicted octanol–water partition coefficient (Wildman–Crippen LogP) is 21.9. The Morgan fingerprint density at radius 1 is 0.291 bits per heavy atom. The Morgan fingerprint density at radius 3 is 1.01 bits per heavy atom. The Bertz CT molecular complexity index is 3810. The highest BCUT2D eigenvalue weighted by Gasteiger charge is 2.46. The molecule has 0 spiro atoms. The van der Waals surface area contributed by atoms with Crippen LogP contribution in [0.5, 0.6) is 0 Å². The fraction of sp³-hybridized carbons (Fsp3) is 0.273. The molecular formula is C77H72N2. The predicted molar refractivity (Wildman–Crippen MR) is 335 cm³/mol. The van der Waals surface area contributed by atoms with Gasteiger partial charge in [-0.2, -0.15) is 0 Å². The zero-order chi connectivity index (χ0) is 53.4. The lowest BCUT2D eigenvalue weighted by molar-refractivity contribution is 0.444. The molecule has 0 atom stereocenters. The van der Waals surface area contributed by atoms with Crippen LogP contribution in [0.25, 0.3) is 54.9 Å². The Morgan fingerprint density at radius 2 is 0.608 bits per heavy atom. The summed E-state index contributed by atoms with van der Waals surface area (Å²) in [5.74, 6) is 1.13. The maximum atomic E-state index is 2.64. The van der Waals surface area contributed by atoms with E-state index in [2.05, 4.69) is 245 Å². The fourth-order valence-electron chi connectivity index (χ4n) is 16.1. The van der Waals surface area contributed by atoms with Gasteiger partial charge in [0, 0.05) is 49.8 Å². The van der Waals surface area contributed by atoms with E-state index >= 15 is 0 Å². The molecule has 5 aliphatic rings. The first-order valence-corrected chi connectivity index (χ1v) is 29.9. The van der Waals surface area contributed by atoms with Gasteiger partial charge in [-0.05, 0) is 199 Å². The van der Waals surface area contributed by atoms with Crippen LogP contribution in [0.1, 0.15) is 162 Å². The molecule has 0 aromatic heterocycles. The van der Waals surface area contributed by atoms with E-state index in [1.165, 1.54) is 198 Å². The molecule has 0 aliphatic heterocycles. The van der Waals surface area contributed by atoms with Crippen molar-refractivity contribution in [3.05, 3.63) is 239 Å². The molecule has 2 nitrogen and oxygen atoms in total. The van der Waals surface area contributed by atoms with E-state index in [1.807, 2.05) is 0 Å². The third kappa shape index (κ3) is 7.28. The largest absolute Gasteiger partial charge is 0.310 e. The summed E-state index contributed by atoms with van der Waals surface area (Å²) in [6.45, 7) is 14.9. The van der Waals surface area contributed by atoms with Crippen molar-refractivity contribution in [3.63, 3.8) is 0 Å². The minimum Gasteiger partial charge on any atom is -0.310 e. The van der Waals surface area contributed by atoms with Gasteiger partial charge >= 0.3 is 0 Å². The monoisotopic (exact) mass is 1020 g/mol. The quantitative estimate of drug-likeness (QED) is 0.150. The SMILES string of the molecule is CC1(C)c2cc3c(cc2-c2cc4c(cc21)-c1c(cc(N(c2ccccc2)c2ccccc2C2CCCCC2)c2ccccc12)C4(C)C)C(C)(C)c1cc(N(c2ccccc2)c2ccccc2C2CCCCC2)c2ccccc2c1-3. The van der Waals surface area contributed by atoms with Gasteiger partial charge in [0.15, 0.2) is 0 Å². The van der Waals surface area contributed by atoms with Crippen LogP contribution in [0.3, 0.4) is 0 Å². The molecule has 0 amide bonds. The molecule has 10 aromatic carbocycles. The number of rotatable bonds is 8. The first-order chi connectivity index (χ1) is 38.5. The summed E-state index contributed by atoms with van der Waals surface area (Å²) in [6.07, 6.45) is 12.9. The normalized spacial score (nSPS) is 17.4. The second-order valence-electron chi connectivity index (χ2n) is 25.6. The van der Waals surface area contributed by atoms with Gasteiger partial charge in [-0.15, -0.1) is 0 Å². The molecule has 2 heteroatoms. The third-order valence-corrected chi connectivity index (χ3v) is 20.2. The highest BCUT2D eigenvalue weighted by molar-refractivity contribution is 6.13. The summed E-state index contributed by atoms with van der Waals surface area (Å²) in [5.41, 5.74) is 26.7. The first kappa shape index (κ1) is 48.4. The highest BCUT2D eigenvalue weighted by Crippen LogP contribution is 2.63. The highest BCUT2D eigenvalue weighted by atomic mass is 15.2. The fourth-order valence-corrected chi connectivity index (χ4v) is 16.1. The first-order valence-electron chi connectivity index (χ1n) is 29.9. The van der Waals surface area contributed by atoms with Crippen molar-refractivity contribution in [2.24, 2.45) is 0 Å². The molecule has 0 radical (unpaired) electrons. The lowest BCUT2D eigenvalue weighted by Gasteiger charge is -2.33. The van der Waals surface area contributed by atoms with Gasteiger partial charge in [0.25, 0.3) is 0 Å². The average molecular weight is 1030 g/mol. The lowest BCUT2D eigenvalue weighted by Crippen LogP contribution is -2.18. The minimum absolute atomic E-state index is 0.222. The van der Waals surface area contributed by atoms with E-state index in [4.69, 9.17) is 0 Å². The summed E-state index contributed by atoms with van der Waals surface area (Å²) >= 11 is 0. The maximum absolute atomic E-state index is 2.64. The van der Waals surface area contributed by atoms with Crippen LogP contribution in [0.4, 0.5) is 34.1 Å². The van der Waals surface area contributed by atoms with Crippen molar-refractivity contribution < 1.29 is 0 Å². The number of hydrogen-bond acceptors (Lipinski definition) is 2. The van der Waals surface area contributed by atoms with Gasteiger partial charge in [-0.1, -0.05) is 201 Å². The van der Waals surface area contributed by atoms with Crippen LogP contribution in [0.2, 0.25) is 0 Å². The van der Waals surface area contributed by atoms with Crippen molar-refractivity contribution in [1.29, 1.82) is 0 Å². The van der Waals surface area contributed by atoms with Crippen molar-refractivity contribution in [1.82, 2.24) is 0 Å².